The average molecular weight is 608 g/mol. The third kappa shape index (κ3) is 6.05. The van der Waals surface area contributed by atoms with Gasteiger partial charge in [-0.2, -0.15) is 0 Å². The molecule has 0 N–H and O–H groups in total. The van der Waals surface area contributed by atoms with Gasteiger partial charge in [-0.3, -0.25) is 0 Å². The first-order valence-electron chi connectivity index (χ1n) is 11.7. The predicted molar refractivity (Wildman–Crippen MR) is 156 cm³/mol. The van der Waals surface area contributed by atoms with Crippen molar-refractivity contribution in [3.63, 3.8) is 0 Å². The summed E-state index contributed by atoms with van der Waals surface area (Å²) in [6.07, 6.45) is 7.12. The number of halogens is 2. The Bertz CT molecular complexity index is 584. The van der Waals surface area contributed by atoms with Crippen molar-refractivity contribution in [2.45, 2.75) is 131 Å². The van der Waals surface area contributed by atoms with Crippen LogP contribution < -0.4 is 0 Å². The van der Waals surface area contributed by atoms with Gasteiger partial charge in [0.1, 0.15) is 0 Å². The van der Waals surface area contributed by atoms with E-state index in [0.717, 1.165) is 12.3 Å². The van der Waals surface area contributed by atoms with E-state index < -0.39 is 23.4 Å². The zero-order valence-electron chi connectivity index (χ0n) is 23.6. The van der Waals surface area contributed by atoms with Crippen LogP contribution in [0.25, 0.3) is 0 Å². The van der Waals surface area contributed by atoms with Crippen molar-refractivity contribution in [1.82, 2.24) is 0 Å². The van der Waals surface area contributed by atoms with Gasteiger partial charge in [0.25, 0.3) is 0 Å². The Hall–Kier alpha value is 1.58. The summed E-state index contributed by atoms with van der Waals surface area (Å²) in [4.78, 5) is 0. The SMILES string of the molecule is CC(C)=CC[PH](C(C)(C)C)(C(C)(C)C)[Pd]([Cl])([Cl])[PH](CC=C(C)C)(C(C)(C)C)C(C)(C)C. The number of rotatable bonds is 6. The molecule has 0 fully saturated rings. The summed E-state index contributed by atoms with van der Waals surface area (Å²) in [6.45, 7) is 38.3. The molecule has 0 saturated carbocycles. The zero-order valence-corrected chi connectivity index (χ0v) is 28.7. The molecular weight excluding hydrogens is 552 g/mol. The van der Waals surface area contributed by atoms with E-state index in [1.54, 1.807) is 0 Å². The topological polar surface area (TPSA) is 0 Å². The van der Waals surface area contributed by atoms with E-state index >= 15 is 0 Å². The molecule has 0 bridgehead atoms. The van der Waals surface area contributed by atoms with E-state index in [1.807, 2.05) is 0 Å². The molecule has 0 rings (SSSR count). The van der Waals surface area contributed by atoms with Crippen LogP contribution in [-0.2, 0) is 12.5 Å². The molecule has 0 aliphatic carbocycles. The molecule has 0 saturated heterocycles. The molecule has 0 aromatic carbocycles. The Morgan fingerprint density at radius 2 is 0.742 bits per heavy atom. The number of allylic oxidation sites excluding steroid dienone is 4. The minimum atomic E-state index is -2.97. The van der Waals surface area contributed by atoms with Gasteiger partial charge in [-0.25, -0.2) is 0 Å². The van der Waals surface area contributed by atoms with Gasteiger partial charge >= 0.3 is 209 Å². The minimum absolute atomic E-state index is 0.109. The second-order valence-electron chi connectivity index (χ2n) is 13.8. The van der Waals surface area contributed by atoms with Crippen LogP contribution >= 0.6 is 30.0 Å². The van der Waals surface area contributed by atoms with Crippen molar-refractivity contribution >= 4 is 30.0 Å². The standard InChI is InChI=1S/2C13H27P.2ClH.Pd/c2*1-11(2)9-10-14(12(3,4)5)13(6,7)8;;;/h2*9H,10H2,1-8H3;2*1H;. The molecule has 0 atom stereocenters. The third-order valence-corrected chi connectivity index (χ3v) is 68.7. The van der Waals surface area contributed by atoms with Crippen LogP contribution in [0.5, 0.6) is 0 Å². The zero-order chi connectivity index (χ0) is 25.5. The van der Waals surface area contributed by atoms with Gasteiger partial charge in [0.2, 0.25) is 0 Å². The maximum atomic E-state index is 8.27. The van der Waals surface area contributed by atoms with Crippen LogP contribution in [0.15, 0.2) is 23.3 Å². The third-order valence-electron chi connectivity index (χ3n) is 6.81. The second kappa shape index (κ2) is 10.3. The van der Waals surface area contributed by atoms with Crippen LogP contribution in [0.2, 0.25) is 0 Å². The molecule has 0 radical (unpaired) electrons. The summed E-state index contributed by atoms with van der Waals surface area (Å²) in [7, 11) is 16.5. The molecule has 0 unspecified atom stereocenters. The average Bonchev–Trinajstić information content (AvgIpc) is 2.40. The van der Waals surface area contributed by atoms with Gasteiger partial charge < -0.3 is 0 Å². The van der Waals surface area contributed by atoms with Gasteiger partial charge in [0.05, 0.1) is 0 Å². The van der Waals surface area contributed by atoms with Crippen LogP contribution in [0.4, 0.5) is 0 Å². The van der Waals surface area contributed by atoms with Crippen molar-refractivity contribution < 1.29 is 12.5 Å². The molecule has 5 heteroatoms. The fourth-order valence-corrected chi connectivity index (χ4v) is 97.7. The van der Waals surface area contributed by atoms with Crippen LogP contribution in [0.1, 0.15) is 111 Å². The quantitative estimate of drug-likeness (QED) is 0.160. The molecule has 0 aliphatic rings. The van der Waals surface area contributed by atoms with Gasteiger partial charge in [-0.1, -0.05) is 0 Å². The van der Waals surface area contributed by atoms with E-state index in [9.17, 15) is 0 Å². The molecular formula is C26H56Cl2P2Pd. The molecule has 0 amide bonds. The van der Waals surface area contributed by atoms with E-state index in [4.69, 9.17) is 19.1 Å². The predicted octanol–water partition coefficient (Wildman–Crippen LogP) is 10.9. The fourth-order valence-electron chi connectivity index (χ4n) is 5.74. The summed E-state index contributed by atoms with van der Waals surface area (Å²) in [6, 6.07) is 0. The maximum absolute atomic E-state index is 8.27. The molecule has 0 aromatic rings. The first-order valence-corrected chi connectivity index (χ1v) is 24.4. The summed E-state index contributed by atoms with van der Waals surface area (Å²) in [5.41, 5.74) is -1.79. The van der Waals surface area contributed by atoms with E-state index in [1.165, 1.54) is 11.1 Å². The van der Waals surface area contributed by atoms with Gasteiger partial charge in [-0.05, 0) is 0 Å². The molecule has 194 valence electrons. The summed E-state index contributed by atoms with van der Waals surface area (Å²) < 4.78 is 0. The van der Waals surface area contributed by atoms with E-state index in [2.05, 4.69) is 123 Å². The molecule has 0 aliphatic heterocycles. The number of hydrogen-bond acceptors (Lipinski definition) is 0. The molecule has 31 heavy (non-hydrogen) atoms. The Morgan fingerprint density at radius 3 is 0.871 bits per heavy atom. The van der Waals surface area contributed by atoms with Crippen molar-refractivity contribution in [3.8, 4) is 0 Å². The van der Waals surface area contributed by atoms with Crippen LogP contribution in [0, 0.1) is 0 Å². The normalized spacial score (nSPS) is 16.6. The Labute approximate surface area is 208 Å². The monoisotopic (exact) mass is 606 g/mol. The molecule has 0 nitrogen and oxygen atoms in total. The fraction of sp³-hybridized carbons (Fsp3) is 0.846. The number of hydrogen-bond donors (Lipinski definition) is 0. The van der Waals surface area contributed by atoms with E-state index in [0.29, 0.717) is 0 Å². The molecule has 0 spiro atoms. The van der Waals surface area contributed by atoms with Crippen molar-refractivity contribution in [2.24, 2.45) is 0 Å². The van der Waals surface area contributed by atoms with Gasteiger partial charge in [0.15, 0.2) is 0 Å². The second-order valence-corrected chi connectivity index (χ2v) is 50.6. The summed E-state index contributed by atoms with van der Waals surface area (Å²) >= 11 is -2.97. The van der Waals surface area contributed by atoms with Crippen molar-refractivity contribution in [2.75, 3.05) is 12.3 Å². The van der Waals surface area contributed by atoms with Crippen molar-refractivity contribution in [1.29, 1.82) is 0 Å². The van der Waals surface area contributed by atoms with Gasteiger partial charge in [-0.15, -0.1) is 0 Å². The molecule has 0 aromatic heterocycles. The molecule has 0 heterocycles. The first kappa shape index (κ1) is 32.6. The first-order chi connectivity index (χ1) is 13.3. The summed E-state index contributed by atoms with van der Waals surface area (Å²) in [5, 5.41) is 0.435. The van der Waals surface area contributed by atoms with Crippen molar-refractivity contribution in [3.05, 3.63) is 23.3 Å². The van der Waals surface area contributed by atoms with Crippen LogP contribution in [0.3, 0.4) is 0 Å². The Morgan fingerprint density at radius 1 is 0.548 bits per heavy atom. The van der Waals surface area contributed by atoms with Gasteiger partial charge in [0, 0.05) is 0 Å². The Kier molecular flexibility index (Phi) is 10.8. The Balaban J connectivity index is 7.85. The van der Waals surface area contributed by atoms with E-state index in [-0.39, 0.29) is 20.6 Å². The summed E-state index contributed by atoms with van der Waals surface area (Å²) in [5.74, 6) is 0. The van der Waals surface area contributed by atoms with Crippen LogP contribution in [-0.4, -0.2) is 32.9 Å².